The summed E-state index contributed by atoms with van der Waals surface area (Å²) in [4.78, 5) is 25.3. The quantitative estimate of drug-likeness (QED) is 0.854. The summed E-state index contributed by atoms with van der Waals surface area (Å²) < 4.78 is 18.0. The summed E-state index contributed by atoms with van der Waals surface area (Å²) in [5, 5.41) is 2.56. The number of carbonyl (C=O) groups is 2. The summed E-state index contributed by atoms with van der Waals surface area (Å²) in [6, 6.07) is 7.04. The van der Waals surface area contributed by atoms with E-state index in [1.54, 1.807) is 12.1 Å². The number of hydrogen-bond acceptors (Lipinski definition) is 4. The van der Waals surface area contributed by atoms with Gasteiger partial charge in [-0.05, 0) is 44.2 Å². The zero-order chi connectivity index (χ0) is 16.3. The van der Waals surface area contributed by atoms with Crippen LogP contribution >= 0.6 is 22.9 Å². The van der Waals surface area contributed by atoms with Gasteiger partial charge in [0, 0.05) is 4.88 Å². The maximum Gasteiger partial charge on any atom is 0.349 e. The number of anilines is 1. The van der Waals surface area contributed by atoms with Crippen molar-refractivity contribution in [2.24, 2.45) is 0 Å². The van der Waals surface area contributed by atoms with Gasteiger partial charge in [0.25, 0.3) is 5.91 Å². The fourth-order valence-corrected chi connectivity index (χ4v) is 2.61. The SMILES string of the molecule is Cc1ccc(C(=O)O[C@@H](C)C(=O)Nc2ccc(F)cc2Cl)s1. The van der Waals surface area contributed by atoms with E-state index in [1.165, 1.54) is 30.4 Å². The van der Waals surface area contributed by atoms with Crippen LogP contribution in [0.1, 0.15) is 21.5 Å². The highest BCUT2D eigenvalue weighted by molar-refractivity contribution is 7.13. The highest BCUT2D eigenvalue weighted by Gasteiger charge is 2.20. The number of carbonyl (C=O) groups excluding carboxylic acids is 2. The van der Waals surface area contributed by atoms with Crippen molar-refractivity contribution >= 4 is 40.5 Å². The summed E-state index contributed by atoms with van der Waals surface area (Å²) in [6.45, 7) is 3.32. The lowest BCUT2D eigenvalue weighted by molar-refractivity contribution is -0.123. The van der Waals surface area contributed by atoms with Crippen LogP contribution in [0.25, 0.3) is 0 Å². The Morgan fingerprint density at radius 3 is 2.64 bits per heavy atom. The number of halogens is 2. The maximum atomic E-state index is 12.9. The number of rotatable bonds is 4. The molecule has 1 N–H and O–H groups in total. The predicted molar refractivity (Wildman–Crippen MR) is 84.0 cm³/mol. The van der Waals surface area contributed by atoms with Gasteiger partial charge in [0.1, 0.15) is 10.7 Å². The minimum atomic E-state index is -1.00. The van der Waals surface area contributed by atoms with Gasteiger partial charge >= 0.3 is 5.97 Å². The lowest BCUT2D eigenvalue weighted by Crippen LogP contribution is -2.29. The lowest BCUT2D eigenvalue weighted by atomic mass is 10.3. The van der Waals surface area contributed by atoms with Gasteiger partial charge in [-0.2, -0.15) is 0 Å². The second-order valence-corrected chi connectivity index (χ2v) is 6.27. The first-order chi connectivity index (χ1) is 10.4. The first kappa shape index (κ1) is 16.5. The zero-order valence-corrected chi connectivity index (χ0v) is 13.4. The third kappa shape index (κ3) is 4.05. The van der Waals surface area contributed by atoms with Gasteiger partial charge in [-0.15, -0.1) is 11.3 Å². The number of thiophene rings is 1. The van der Waals surface area contributed by atoms with Crippen molar-refractivity contribution < 1.29 is 18.7 Å². The molecule has 1 amide bonds. The number of amides is 1. The molecule has 0 bridgehead atoms. The molecule has 0 fully saturated rings. The van der Waals surface area contributed by atoms with E-state index < -0.39 is 23.8 Å². The Balaban J connectivity index is 1.98. The number of esters is 1. The van der Waals surface area contributed by atoms with Crippen LogP contribution in [0.4, 0.5) is 10.1 Å². The highest BCUT2D eigenvalue weighted by Crippen LogP contribution is 2.23. The number of benzene rings is 1. The van der Waals surface area contributed by atoms with Gasteiger partial charge in [0.05, 0.1) is 10.7 Å². The van der Waals surface area contributed by atoms with E-state index in [9.17, 15) is 14.0 Å². The van der Waals surface area contributed by atoms with E-state index in [1.807, 2.05) is 6.92 Å². The number of ether oxygens (including phenoxy) is 1. The van der Waals surface area contributed by atoms with E-state index >= 15 is 0 Å². The smallest absolute Gasteiger partial charge is 0.349 e. The van der Waals surface area contributed by atoms with Crippen molar-refractivity contribution in [1.29, 1.82) is 0 Å². The minimum Gasteiger partial charge on any atom is -0.448 e. The molecular weight excluding hydrogens is 329 g/mol. The van der Waals surface area contributed by atoms with Crippen LogP contribution in [-0.2, 0) is 9.53 Å². The van der Waals surface area contributed by atoms with Gasteiger partial charge < -0.3 is 10.1 Å². The summed E-state index contributed by atoms with van der Waals surface area (Å²) >= 11 is 7.11. The van der Waals surface area contributed by atoms with Crippen LogP contribution in [-0.4, -0.2) is 18.0 Å². The van der Waals surface area contributed by atoms with Crippen LogP contribution in [0, 0.1) is 12.7 Å². The third-order valence-corrected chi connectivity index (χ3v) is 4.08. The Morgan fingerprint density at radius 2 is 2.05 bits per heavy atom. The Bertz CT molecular complexity index is 717. The molecule has 1 heterocycles. The van der Waals surface area contributed by atoms with E-state index in [0.29, 0.717) is 4.88 Å². The molecule has 2 rings (SSSR count). The van der Waals surface area contributed by atoms with E-state index in [0.717, 1.165) is 10.9 Å². The van der Waals surface area contributed by atoms with E-state index in [4.69, 9.17) is 16.3 Å². The molecule has 0 unspecified atom stereocenters. The van der Waals surface area contributed by atoms with Gasteiger partial charge in [-0.1, -0.05) is 11.6 Å². The molecule has 4 nitrogen and oxygen atoms in total. The third-order valence-electron chi connectivity index (χ3n) is 2.78. The molecule has 0 aliphatic carbocycles. The van der Waals surface area contributed by atoms with E-state index in [2.05, 4.69) is 5.32 Å². The Hall–Kier alpha value is -1.92. The molecule has 0 aliphatic heterocycles. The fourth-order valence-electron chi connectivity index (χ4n) is 1.64. The van der Waals surface area contributed by atoms with Crippen molar-refractivity contribution in [2.75, 3.05) is 5.32 Å². The summed E-state index contributed by atoms with van der Waals surface area (Å²) in [5.74, 6) is -1.61. The minimum absolute atomic E-state index is 0.0701. The first-order valence-corrected chi connectivity index (χ1v) is 7.59. The normalized spacial score (nSPS) is 11.8. The number of nitrogens with one attached hydrogen (secondary N) is 1. The molecule has 1 atom stereocenters. The maximum absolute atomic E-state index is 12.9. The van der Waals surface area contributed by atoms with Crippen LogP contribution in [0.15, 0.2) is 30.3 Å². The standard InChI is InChI=1S/C15H13ClFNO3S/c1-8-3-6-13(22-8)15(20)21-9(2)14(19)18-12-5-4-10(17)7-11(12)16/h3-7,9H,1-2H3,(H,18,19)/t9-/m0/s1. The largest absolute Gasteiger partial charge is 0.448 e. The molecular formula is C15H13ClFNO3S. The molecule has 1 aromatic heterocycles. The summed E-state index contributed by atoms with van der Waals surface area (Å²) in [7, 11) is 0. The molecule has 0 saturated carbocycles. The topological polar surface area (TPSA) is 55.4 Å². The fraction of sp³-hybridized carbons (Fsp3) is 0.200. The van der Waals surface area contributed by atoms with Crippen LogP contribution in [0.2, 0.25) is 5.02 Å². The van der Waals surface area contributed by atoms with Gasteiger partial charge in [0.15, 0.2) is 6.10 Å². The molecule has 0 radical (unpaired) electrons. The second kappa shape index (κ2) is 6.89. The average Bonchev–Trinajstić information content (AvgIpc) is 2.88. The van der Waals surface area contributed by atoms with Crippen LogP contribution < -0.4 is 5.32 Å². The molecule has 0 aliphatic rings. The molecule has 7 heteroatoms. The number of hydrogen-bond donors (Lipinski definition) is 1. The second-order valence-electron chi connectivity index (χ2n) is 4.57. The van der Waals surface area contributed by atoms with Crippen LogP contribution in [0.3, 0.4) is 0 Å². The molecule has 0 saturated heterocycles. The summed E-state index contributed by atoms with van der Waals surface area (Å²) in [5.41, 5.74) is 0.253. The van der Waals surface area contributed by atoms with Crippen molar-refractivity contribution in [3.8, 4) is 0 Å². The van der Waals surface area contributed by atoms with Gasteiger partial charge in [-0.3, -0.25) is 4.79 Å². The molecule has 116 valence electrons. The van der Waals surface area contributed by atoms with Crippen molar-refractivity contribution in [1.82, 2.24) is 0 Å². The Kier molecular flexibility index (Phi) is 5.15. The number of aryl methyl sites for hydroxylation is 1. The molecule has 22 heavy (non-hydrogen) atoms. The molecule has 1 aromatic carbocycles. The average molecular weight is 342 g/mol. The predicted octanol–water partition coefficient (Wildman–Crippen LogP) is 4.03. The van der Waals surface area contributed by atoms with Crippen molar-refractivity contribution in [3.63, 3.8) is 0 Å². The van der Waals surface area contributed by atoms with Gasteiger partial charge in [-0.25, -0.2) is 9.18 Å². The monoisotopic (exact) mass is 341 g/mol. The lowest BCUT2D eigenvalue weighted by Gasteiger charge is -2.13. The zero-order valence-electron chi connectivity index (χ0n) is 11.9. The van der Waals surface area contributed by atoms with Crippen molar-refractivity contribution in [3.05, 3.63) is 50.9 Å². The Labute approximate surface area is 135 Å². The van der Waals surface area contributed by atoms with Crippen LogP contribution in [0.5, 0.6) is 0 Å². The van der Waals surface area contributed by atoms with E-state index in [-0.39, 0.29) is 10.7 Å². The van der Waals surface area contributed by atoms with Gasteiger partial charge in [0.2, 0.25) is 0 Å². The first-order valence-electron chi connectivity index (χ1n) is 6.40. The molecule has 0 spiro atoms. The highest BCUT2D eigenvalue weighted by atomic mass is 35.5. The Morgan fingerprint density at radius 1 is 1.32 bits per heavy atom. The van der Waals surface area contributed by atoms with Crippen molar-refractivity contribution in [2.45, 2.75) is 20.0 Å². The molecule has 2 aromatic rings. The summed E-state index contributed by atoms with van der Waals surface area (Å²) in [6.07, 6.45) is -1.00.